The molecule has 0 spiro atoms. The molecule has 0 aromatic rings. The minimum absolute atomic E-state index is 0.194. The van der Waals surface area contributed by atoms with E-state index in [1.54, 1.807) is 32.6 Å². The smallest absolute Gasteiger partial charge is 0.411 e. The van der Waals surface area contributed by atoms with Gasteiger partial charge in [-0.3, -0.25) is 9.69 Å². The average Bonchev–Trinajstić information content (AvgIpc) is 2.39. The molecule has 1 aliphatic heterocycles. The van der Waals surface area contributed by atoms with Crippen LogP contribution < -0.4 is 0 Å². The third-order valence-electron chi connectivity index (χ3n) is 3.49. The Hall–Kier alpha value is -1.63. The van der Waals surface area contributed by atoms with Crippen LogP contribution in [0.3, 0.4) is 0 Å². The third kappa shape index (κ3) is 4.69. The van der Waals surface area contributed by atoms with Crippen LogP contribution in [-0.4, -0.2) is 72.6 Å². The van der Waals surface area contributed by atoms with E-state index in [4.69, 9.17) is 9.47 Å². The molecule has 1 heterocycles. The number of hydrogen-bond acceptors (Lipinski definition) is 5. The van der Waals surface area contributed by atoms with Gasteiger partial charge in [-0.25, -0.2) is 4.79 Å². The van der Waals surface area contributed by atoms with Gasteiger partial charge in [0, 0.05) is 26.6 Å². The van der Waals surface area contributed by atoms with Crippen LogP contribution in [0.4, 0.5) is 4.79 Å². The van der Waals surface area contributed by atoms with Gasteiger partial charge in [0.1, 0.15) is 17.9 Å². The summed E-state index contributed by atoms with van der Waals surface area (Å²) in [6.07, 6.45) is 0.507. The van der Waals surface area contributed by atoms with E-state index in [9.17, 15) is 14.4 Å². The number of hydrogen-bond donors (Lipinski definition) is 0. The van der Waals surface area contributed by atoms with Gasteiger partial charge in [-0.2, -0.15) is 0 Å². The molecule has 0 saturated carbocycles. The first kappa shape index (κ1) is 18.4. The maximum atomic E-state index is 12.5. The molecule has 0 N–H and O–H groups in total. The quantitative estimate of drug-likeness (QED) is 0.709. The van der Waals surface area contributed by atoms with Gasteiger partial charge in [0.2, 0.25) is 5.91 Å². The zero-order chi connectivity index (χ0) is 16.9. The molecular weight excluding hydrogens is 288 g/mol. The second-order valence-electron chi connectivity index (χ2n) is 6.39. The van der Waals surface area contributed by atoms with E-state index in [1.165, 1.54) is 12.0 Å². The Morgan fingerprint density at radius 1 is 1.41 bits per heavy atom. The van der Waals surface area contributed by atoms with Crippen molar-refractivity contribution in [2.75, 3.05) is 26.8 Å². The molecule has 1 aliphatic rings. The minimum Gasteiger partial charge on any atom is -0.444 e. The number of ether oxygens (including phenoxy) is 2. The highest BCUT2D eigenvalue weighted by atomic mass is 16.6. The van der Waals surface area contributed by atoms with Crippen molar-refractivity contribution in [2.24, 2.45) is 0 Å². The first-order valence-electron chi connectivity index (χ1n) is 7.44. The molecule has 7 heteroatoms. The van der Waals surface area contributed by atoms with E-state index in [0.717, 1.165) is 6.29 Å². The SMILES string of the molecule is COC[C@H](CC=O)N1CCN(C(=O)OC(C)(C)C)[C@@H](C)C1=O. The van der Waals surface area contributed by atoms with Crippen LogP contribution in [0.2, 0.25) is 0 Å². The van der Waals surface area contributed by atoms with E-state index >= 15 is 0 Å². The third-order valence-corrected chi connectivity index (χ3v) is 3.49. The fraction of sp³-hybridized carbons (Fsp3) is 0.800. The molecule has 126 valence electrons. The summed E-state index contributed by atoms with van der Waals surface area (Å²) in [7, 11) is 1.53. The summed E-state index contributed by atoms with van der Waals surface area (Å²) < 4.78 is 10.4. The van der Waals surface area contributed by atoms with Crippen LogP contribution in [-0.2, 0) is 19.1 Å². The van der Waals surface area contributed by atoms with Gasteiger partial charge in [0.15, 0.2) is 0 Å². The predicted molar refractivity (Wildman–Crippen MR) is 80.5 cm³/mol. The summed E-state index contributed by atoms with van der Waals surface area (Å²) in [5.41, 5.74) is -0.604. The molecule has 1 fully saturated rings. The highest BCUT2D eigenvalue weighted by molar-refractivity contribution is 5.87. The van der Waals surface area contributed by atoms with Gasteiger partial charge in [0.25, 0.3) is 0 Å². The van der Waals surface area contributed by atoms with Crippen molar-refractivity contribution in [2.45, 2.75) is 51.8 Å². The van der Waals surface area contributed by atoms with E-state index in [-0.39, 0.29) is 18.4 Å². The van der Waals surface area contributed by atoms with Gasteiger partial charge in [0.05, 0.1) is 12.6 Å². The topological polar surface area (TPSA) is 76.2 Å². The summed E-state index contributed by atoms with van der Waals surface area (Å²) in [5.74, 6) is -0.194. The molecule has 0 aromatic carbocycles. The summed E-state index contributed by atoms with van der Waals surface area (Å²) in [5, 5.41) is 0. The fourth-order valence-electron chi connectivity index (χ4n) is 2.41. The molecule has 1 rings (SSSR count). The lowest BCUT2D eigenvalue weighted by atomic mass is 10.1. The first-order valence-corrected chi connectivity index (χ1v) is 7.44. The van der Waals surface area contributed by atoms with Crippen molar-refractivity contribution in [3.63, 3.8) is 0 Å². The molecule has 22 heavy (non-hydrogen) atoms. The second-order valence-corrected chi connectivity index (χ2v) is 6.39. The number of carbonyl (C=O) groups is 3. The lowest BCUT2D eigenvalue weighted by Crippen LogP contribution is -2.61. The van der Waals surface area contributed by atoms with Crippen molar-refractivity contribution >= 4 is 18.3 Å². The average molecular weight is 314 g/mol. The van der Waals surface area contributed by atoms with Crippen LogP contribution in [0, 0.1) is 0 Å². The Kier molecular flexibility index (Phi) is 6.34. The summed E-state index contributed by atoms with van der Waals surface area (Å²) >= 11 is 0. The second kappa shape index (κ2) is 7.58. The maximum Gasteiger partial charge on any atom is 0.411 e. The number of aldehydes is 1. The van der Waals surface area contributed by atoms with Crippen LogP contribution in [0.25, 0.3) is 0 Å². The Morgan fingerprint density at radius 3 is 2.55 bits per heavy atom. The summed E-state index contributed by atoms with van der Waals surface area (Å²) in [4.78, 5) is 38.5. The standard InChI is InChI=1S/C15H26N2O5/c1-11-13(19)17(12(6-9-18)10-21-5)8-7-16(11)14(20)22-15(2,3)4/h9,11-12H,6-8,10H2,1-5H3/t11-,12-/m0/s1. The molecule has 2 amide bonds. The molecule has 2 atom stereocenters. The number of carbonyl (C=O) groups excluding carboxylic acids is 3. The van der Waals surface area contributed by atoms with Gasteiger partial charge < -0.3 is 19.2 Å². The molecule has 1 saturated heterocycles. The van der Waals surface area contributed by atoms with E-state index < -0.39 is 17.7 Å². The van der Waals surface area contributed by atoms with Gasteiger partial charge in [-0.15, -0.1) is 0 Å². The zero-order valence-electron chi connectivity index (χ0n) is 14.0. The molecule has 7 nitrogen and oxygen atoms in total. The predicted octanol–water partition coefficient (Wildman–Crippen LogP) is 1.06. The Bertz CT molecular complexity index is 419. The highest BCUT2D eigenvalue weighted by Gasteiger charge is 2.38. The minimum atomic E-state index is -0.616. The van der Waals surface area contributed by atoms with Crippen LogP contribution >= 0.6 is 0 Å². The molecule has 0 bridgehead atoms. The lowest BCUT2D eigenvalue weighted by Gasteiger charge is -2.42. The fourth-order valence-corrected chi connectivity index (χ4v) is 2.41. The monoisotopic (exact) mass is 314 g/mol. The van der Waals surface area contributed by atoms with Crippen molar-refractivity contribution in [3.05, 3.63) is 0 Å². The highest BCUT2D eigenvalue weighted by Crippen LogP contribution is 2.19. The number of amides is 2. The van der Waals surface area contributed by atoms with Crippen LogP contribution in [0.15, 0.2) is 0 Å². The van der Waals surface area contributed by atoms with Crippen molar-refractivity contribution in [1.29, 1.82) is 0 Å². The van der Waals surface area contributed by atoms with Crippen molar-refractivity contribution in [3.8, 4) is 0 Å². The first-order chi connectivity index (χ1) is 10.2. The Balaban J connectivity index is 2.77. The van der Waals surface area contributed by atoms with E-state index in [2.05, 4.69) is 0 Å². The number of nitrogens with zero attached hydrogens (tertiary/aromatic N) is 2. The lowest BCUT2D eigenvalue weighted by molar-refractivity contribution is -0.145. The van der Waals surface area contributed by atoms with Crippen molar-refractivity contribution < 1.29 is 23.9 Å². The van der Waals surface area contributed by atoms with Gasteiger partial charge >= 0.3 is 6.09 Å². The zero-order valence-corrected chi connectivity index (χ0v) is 14.0. The maximum absolute atomic E-state index is 12.5. The summed E-state index contributed by atoms with van der Waals surface area (Å²) in [6, 6.07) is -0.909. The number of piperazine rings is 1. The van der Waals surface area contributed by atoms with Crippen LogP contribution in [0.1, 0.15) is 34.1 Å². The van der Waals surface area contributed by atoms with Gasteiger partial charge in [-0.1, -0.05) is 0 Å². The largest absolute Gasteiger partial charge is 0.444 e. The Morgan fingerprint density at radius 2 is 2.05 bits per heavy atom. The number of methoxy groups -OCH3 is 1. The van der Waals surface area contributed by atoms with Crippen LogP contribution in [0.5, 0.6) is 0 Å². The van der Waals surface area contributed by atoms with E-state index in [1.807, 2.05) is 0 Å². The number of rotatable bonds is 5. The molecule has 0 aromatic heterocycles. The molecular formula is C15H26N2O5. The van der Waals surface area contributed by atoms with Gasteiger partial charge in [-0.05, 0) is 27.7 Å². The molecule has 0 aliphatic carbocycles. The Labute approximate surface area is 131 Å². The van der Waals surface area contributed by atoms with E-state index in [0.29, 0.717) is 19.7 Å². The van der Waals surface area contributed by atoms with Crippen molar-refractivity contribution in [1.82, 2.24) is 9.80 Å². The molecule has 0 unspecified atom stereocenters. The summed E-state index contributed by atoms with van der Waals surface area (Å²) in [6.45, 7) is 8.06. The molecule has 0 radical (unpaired) electrons. The normalized spacial score (nSPS) is 20.8.